The molecule has 0 atom stereocenters. The SMILES string of the molecule is CCC1(CC)NC(=O)CN(Cc2ccccc2F)C1=O. The number of amides is 2. The standard InChI is InChI=1S/C15H19FN2O2/c1-3-15(4-2)14(20)18(10-13(19)17-15)9-11-7-5-6-8-12(11)16/h5-8H,3-4,9-10H2,1-2H3,(H,17,19). The molecule has 108 valence electrons. The monoisotopic (exact) mass is 278 g/mol. The number of nitrogens with one attached hydrogen (secondary N) is 1. The fraction of sp³-hybridized carbons (Fsp3) is 0.467. The minimum absolute atomic E-state index is 0.0189. The van der Waals surface area contributed by atoms with E-state index < -0.39 is 5.54 Å². The Hall–Kier alpha value is -1.91. The van der Waals surface area contributed by atoms with E-state index in [9.17, 15) is 14.0 Å². The highest BCUT2D eigenvalue weighted by atomic mass is 19.1. The molecule has 2 amide bonds. The van der Waals surface area contributed by atoms with Crippen molar-refractivity contribution in [2.75, 3.05) is 6.54 Å². The Labute approximate surface area is 118 Å². The van der Waals surface area contributed by atoms with Gasteiger partial charge in [-0.1, -0.05) is 32.0 Å². The molecule has 0 radical (unpaired) electrons. The molecule has 1 saturated heterocycles. The summed E-state index contributed by atoms with van der Waals surface area (Å²) < 4.78 is 13.7. The average molecular weight is 278 g/mol. The minimum atomic E-state index is -0.847. The molecule has 0 aliphatic carbocycles. The molecule has 20 heavy (non-hydrogen) atoms. The number of halogens is 1. The van der Waals surface area contributed by atoms with Crippen LogP contribution in [0.4, 0.5) is 4.39 Å². The summed E-state index contributed by atoms with van der Waals surface area (Å²) in [5.41, 5.74) is -0.419. The van der Waals surface area contributed by atoms with Crippen molar-refractivity contribution in [2.45, 2.75) is 38.8 Å². The van der Waals surface area contributed by atoms with Crippen molar-refractivity contribution in [1.82, 2.24) is 10.2 Å². The number of carbonyl (C=O) groups is 2. The molecule has 0 bridgehead atoms. The molecule has 1 aliphatic rings. The number of carbonyl (C=O) groups excluding carboxylic acids is 2. The first-order valence-corrected chi connectivity index (χ1v) is 6.86. The van der Waals surface area contributed by atoms with Gasteiger partial charge in [-0.25, -0.2) is 4.39 Å². The van der Waals surface area contributed by atoms with Crippen LogP contribution in [0.15, 0.2) is 24.3 Å². The van der Waals surface area contributed by atoms with Crippen LogP contribution in [-0.4, -0.2) is 28.8 Å². The molecular formula is C15H19FN2O2. The highest BCUT2D eigenvalue weighted by Gasteiger charge is 2.43. The second-order valence-corrected chi connectivity index (χ2v) is 5.09. The van der Waals surface area contributed by atoms with E-state index in [2.05, 4.69) is 5.32 Å². The lowest BCUT2D eigenvalue weighted by Crippen LogP contribution is -2.65. The molecule has 1 N–H and O–H groups in total. The summed E-state index contributed by atoms with van der Waals surface area (Å²) >= 11 is 0. The van der Waals surface area contributed by atoms with Gasteiger partial charge in [0.2, 0.25) is 11.8 Å². The Morgan fingerprint density at radius 3 is 2.50 bits per heavy atom. The van der Waals surface area contributed by atoms with E-state index in [1.165, 1.54) is 11.0 Å². The van der Waals surface area contributed by atoms with Crippen molar-refractivity contribution in [1.29, 1.82) is 0 Å². The summed E-state index contributed by atoms with van der Waals surface area (Å²) in [6.45, 7) is 3.85. The average Bonchev–Trinajstić information content (AvgIpc) is 2.45. The van der Waals surface area contributed by atoms with Gasteiger partial charge in [0.05, 0.1) is 6.54 Å². The maximum Gasteiger partial charge on any atom is 0.249 e. The highest BCUT2D eigenvalue weighted by Crippen LogP contribution is 2.23. The van der Waals surface area contributed by atoms with Crippen LogP contribution in [0.1, 0.15) is 32.3 Å². The summed E-state index contributed by atoms with van der Waals surface area (Å²) in [5, 5.41) is 2.79. The van der Waals surface area contributed by atoms with E-state index in [0.29, 0.717) is 18.4 Å². The third-order valence-electron chi connectivity index (χ3n) is 3.94. The van der Waals surface area contributed by atoms with Crippen molar-refractivity contribution < 1.29 is 14.0 Å². The molecule has 4 nitrogen and oxygen atoms in total. The summed E-state index contributed by atoms with van der Waals surface area (Å²) in [7, 11) is 0. The van der Waals surface area contributed by atoms with Crippen molar-refractivity contribution >= 4 is 11.8 Å². The number of hydrogen-bond donors (Lipinski definition) is 1. The molecule has 1 aromatic rings. The van der Waals surface area contributed by atoms with Crippen LogP contribution in [0.5, 0.6) is 0 Å². The van der Waals surface area contributed by atoms with E-state index >= 15 is 0 Å². The van der Waals surface area contributed by atoms with Crippen LogP contribution in [-0.2, 0) is 16.1 Å². The predicted octanol–water partition coefficient (Wildman–Crippen LogP) is 1.84. The van der Waals surface area contributed by atoms with E-state index in [1.54, 1.807) is 18.2 Å². The molecule has 0 spiro atoms. The first kappa shape index (κ1) is 14.5. The Morgan fingerprint density at radius 1 is 1.25 bits per heavy atom. The maximum absolute atomic E-state index is 13.7. The Morgan fingerprint density at radius 2 is 1.90 bits per heavy atom. The summed E-state index contributed by atoms with van der Waals surface area (Å²) in [5.74, 6) is -0.681. The van der Waals surface area contributed by atoms with E-state index in [1.807, 2.05) is 13.8 Å². The molecule has 1 heterocycles. The van der Waals surface area contributed by atoms with Crippen LogP contribution < -0.4 is 5.32 Å². The van der Waals surface area contributed by atoms with Gasteiger partial charge in [0, 0.05) is 12.1 Å². The van der Waals surface area contributed by atoms with Gasteiger partial charge >= 0.3 is 0 Å². The van der Waals surface area contributed by atoms with Gasteiger partial charge in [-0.2, -0.15) is 0 Å². The highest BCUT2D eigenvalue weighted by molar-refractivity contribution is 5.97. The van der Waals surface area contributed by atoms with Gasteiger partial charge in [0.15, 0.2) is 0 Å². The summed E-state index contributed by atoms with van der Waals surface area (Å²) in [6, 6.07) is 6.32. The van der Waals surface area contributed by atoms with Gasteiger partial charge in [-0.15, -0.1) is 0 Å². The Kier molecular flexibility index (Phi) is 4.06. The van der Waals surface area contributed by atoms with Gasteiger partial charge in [0.25, 0.3) is 0 Å². The lowest BCUT2D eigenvalue weighted by atomic mass is 9.88. The van der Waals surface area contributed by atoms with Crippen LogP contribution in [0.2, 0.25) is 0 Å². The summed E-state index contributed by atoms with van der Waals surface area (Å²) in [6.07, 6.45) is 1.06. The zero-order valence-electron chi connectivity index (χ0n) is 11.8. The predicted molar refractivity (Wildman–Crippen MR) is 73.3 cm³/mol. The first-order valence-electron chi connectivity index (χ1n) is 6.86. The van der Waals surface area contributed by atoms with Crippen LogP contribution in [0.25, 0.3) is 0 Å². The second kappa shape index (κ2) is 5.61. The van der Waals surface area contributed by atoms with Crippen molar-refractivity contribution in [3.8, 4) is 0 Å². The normalized spacial score (nSPS) is 18.1. The van der Waals surface area contributed by atoms with Crippen molar-refractivity contribution in [3.05, 3.63) is 35.6 Å². The van der Waals surface area contributed by atoms with Crippen molar-refractivity contribution in [2.24, 2.45) is 0 Å². The zero-order valence-corrected chi connectivity index (χ0v) is 11.8. The van der Waals surface area contributed by atoms with Gasteiger partial charge < -0.3 is 10.2 Å². The molecule has 0 unspecified atom stereocenters. The van der Waals surface area contributed by atoms with E-state index in [-0.39, 0.29) is 30.7 Å². The Bertz CT molecular complexity index is 526. The van der Waals surface area contributed by atoms with Gasteiger partial charge in [-0.05, 0) is 18.9 Å². The van der Waals surface area contributed by atoms with Crippen LogP contribution in [0.3, 0.4) is 0 Å². The van der Waals surface area contributed by atoms with E-state index in [4.69, 9.17) is 0 Å². The number of hydrogen-bond acceptors (Lipinski definition) is 2. The zero-order chi connectivity index (χ0) is 14.8. The molecule has 1 fully saturated rings. The molecular weight excluding hydrogens is 259 g/mol. The first-order chi connectivity index (χ1) is 9.52. The lowest BCUT2D eigenvalue weighted by Gasteiger charge is -2.41. The summed E-state index contributed by atoms with van der Waals surface area (Å²) in [4.78, 5) is 25.8. The van der Waals surface area contributed by atoms with E-state index in [0.717, 1.165) is 0 Å². The fourth-order valence-corrected chi connectivity index (χ4v) is 2.60. The minimum Gasteiger partial charge on any atom is -0.340 e. The third kappa shape index (κ3) is 2.53. The maximum atomic E-state index is 13.7. The molecule has 1 aliphatic heterocycles. The largest absolute Gasteiger partial charge is 0.340 e. The number of benzene rings is 1. The second-order valence-electron chi connectivity index (χ2n) is 5.09. The molecule has 2 rings (SSSR count). The van der Waals surface area contributed by atoms with Crippen LogP contribution >= 0.6 is 0 Å². The van der Waals surface area contributed by atoms with Crippen molar-refractivity contribution in [3.63, 3.8) is 0 Å². The molecule has 1 aromatic carbocycles. The number of nitrogens with zero attached hydrogens (tertiary/aromatic N) is 1. The van der Waals surface area contributed by atoms with Gasteiger partial charge in [-0.3, -0.25) is 9.59 Å². The van der Waals surface area contributed by atoms with Gasteiger partial charge in [0.1, 0.15) is 11.4 Å². The smallest absolute Gasteiger partial charge is 0.249 e. The lowest BCUT2D eigenvalue weighted by molar-refractivity contribution is -0.151. The number of piperazine rings is 1. The topological polar surface area (TPSA) is 49.4 Å². The number of rotatable bonds is 4. The van der Waals surface area contributed by atoms with Crippen LogP contribution in [0, 0.1) is 5.82 Å². The quantitative estimate of drug-likeness (QED) is 0.913. The molecule has 5 heteroatoms. The molecule has 0 saturated carbocycles. The molecule has 0 aromatic heterocycles. The fourth-order valence-electron chi connectivity index (χ4n) is 2.60. The third-order valence-corrected chi connectivity index (χ3v) is 3.94. The Balaban J connectivity index is 2.25.